The van der Waals surface area contributed by atoms with Crippen LogP contribution >= 0.6 is 23.4 Å². The molecule has 0 spiro atoms. The Labute approximate surface area is 121 Å². The largest absolute Gasteiger partial charge is 0.496 e. The summed E-state index contributed by atoms with van der Waals surface area (Å²) in [4.78, 5) is 10.8. The van der Waals surface area contributed by atoms with Crippen LogP contribution in [0, 0.1) is 0 Å². The molecule has 6 heteroatoms. The molecule has 0 radical (unpaired) electrons. The maximum Gasteiger partial charge on any atom is 0.185 e. The number of benzene rings is 1. The molecule has 2 unspecified atom stereocenters. The Morgan fingerprint density at radius 1 is 1.47 bits per heavy atom. The fourth-order valence-electron chi connectivity index (χ4n) is 1.62. The highest BCUT2D eigenvalue weighted by Crippen LogP contribution is 2.31. The van der Waals surface area contributed by atoms with Gasteiger partial charge >= 0.3 is 0 Å². The molecule has 0 amide bonds. The van der Waals surface area contributed by atoms with Crippen LogP contribution in [0.4, 0.5) is 0 Å². The monoisotopic (exact) mass is 304 g/mol. The van der Waals surface area contributed by atoms with Crippen molar-refractivity contribution >= 4 is 28.5 Å². The summed E-state index contributed by atoms with van der Waals surface area (Å²) in [6.07, 6.45) is -1.76. The van der Waals surface area contributed by atoms with Gasteiger partial charge in [0.1, 0.15) is 11.9 Å². The lowest BCUT2D eigenvalue weighted by Gasteiger charge is -2.20. The summed E-state index contributed by atoms with van der Waals surface area (Å²) >= 11 is 6.99. The molecule has 2 N–H and O–H groups in total. The quantitative estimate of drug-likeness (QED) is 0.845. The Morgan fingerprint density at radius 2 is 2.16 bits per heavy atom. The second kappa shape index (κ2) is 7.75. The van der Waals surface area contributed by atoms with Gasteiger partial charge < -0.3 is 14.9 Å². The van der Waals surface area contributed by atoms with Crippen molar-refractivity contribution in [1.29, 1.82) is 0 Å². The number of ether oxygens (including phenoxy) is 1. The summed E-state index contributed by atoms with van der Waals surface area (Å²) in [5.74, 6) is 0.923. The van der Waals surface area contributed by atoms with E-state index in [0.717, 1.165) is 11.8 Å². The van der Waals surface area contributed by atoms with Crippen LogP contribution in [-0.4, -0.2) is 34.3 Å². The molecule has 4 nitrogen and oxygen atoms in total. The van der Waals surface area contributed by atoms with Crippen LogP contribution in [0.25, 0.3) is 0 Å². The molecule has 2 atom stereocenters. The van der Waals surface area contributed by atoms with Gasteiger partial charge in [0.15, 0.2) is 5.12 Å². The van der Waals surface area contributed by atoms with Crippen molar-refractivity contribution in [1.82, 2.24) is 0 Å². The molecule has 106 valence electrons. The lowest BCUT2D eigenvalue weighted by Crippen LogP contribution is -2.19. The van der Waals surface area contributed by atoms with Gasteiger partial charge in [-0.05, 0) is 24.6 Å². The van der Waals surface area contributed by atoms with E-state index in [-0.39, 0.29) is 5.12 Å². The summed E-state index contributed by atoms with van der Waals surface area (Å²) in [5.41, 5.74) is 0.440. The SMILES string of the molecule is COc1ccc(Cl)cc1C(O)C(O)CCSC(C)=O. The lowest BCUT2D eigenvalue weighted by molar-refractivity contribution is -0.109. The van der Waals surface area contributed by atoms with Crippen LogP contribution in [0.2, 0.25) is 5.02 Å². The highest BCUT2D eigenvalue weighted by atomic mass is 35.5. The molecular weight excluding hydrogens is 288 g/mol. The smallest absolute Gasteiger partial charge is 0.185 e. The van der Waals surface area contributed by atoms with Crippen molar-refractivity contribution < 1.29 is 19.7 Å². The molecule has 1 aromatic carbocycles. The van der Waals surface area contributed by atoms with Crippen molar-refractivity contribution in [3.63, 3.8) is 0 Å². The van der Waals surface area contributed by atoms with Gasteiger partial charge in [0.2, 0.25) is 0 Å². The number of carbonyl (C=O) groups excluding carboxylic acids is 1. The number of methoxy groups -OCH3 is 1. The Bertz CT molecular complexity index is 439. The number of aliphatic hydroxyl groups excluding tert-OH is 2. The maximum atomic E-state index is 10.8. The van der Waals surface area contributed by atoms with Gasteiger partial charge in [-0.25, -0.2) is 0 Å². The number of rotatable bonds is 6. The van der Waals surface area contributed by atoms with Crippen molar-refractivity contribution in [3.8, 4) is 5.75 Å². The molecule has 0 saturated carbocycles. The molecule has 19 heavy (non-hydrogen) atoms. The first kappa shape index (κ1) is 16.3. The van der Waals surface area contributed by atoms with Crippen LogP contribution in [-0.2, 0) is 4.79 Å². The molecule has 0 saturated heterocycles. The molecule has 0 fully saturated rings. The maximum absolute atomic E-state index is 10.8. The molecule has 0 bridgehead atoms. The second-order valence-corrected chi connectivity index (χ2v) is 5.74. The first-order chi connectivity index (χ1) is 8.95. The second-order valence-electron chi connectivity index (χ2n) is 4.03. The van der Waals surface area contributed by atoms with E-state index in [4.69, 9.17) is 16.3 Å². The van der Waals surface area contributed by atoms with E-state index in [9.17, 15) is 15.0 Å². The van der Waals surface area contributed by atoms with E-state index in [0.29, 0.717) is 28.5 Å². The molecule has 0 aliphatic rings. The molecule has 0 heterocycles. The molecule has 1 aromatic rings. The van der Waals surface area contributed by atoms with Gasteiger partial charge in [-0.2, -0.15) is 0 Å². The predicted molar refractivity (Wildman–Crippen MR) is 76.7 cm³/mol. The van der Waals surface area contributed by atoms with Crippen molar-refractivity contribution in [3.05, 3.63) is 28.8 Å². The Balaban J connectivity index is 2.72. The summed E-state index contributed by atoms with van der Waals surface area (Å²) in [6, 6.07) is 4.85. The average Bonchev–Trinajstić information content (AvgIpc) is 2.37. The minimum Gasteiger partial charge on any atom is -0.496 e. The first-order valence-corrected chi connectivity index (χ1v) is 7.15. The number of halogens is 1. The van der Waals surface area contributed by atoms with E-state index < -0.39 is 12.2 Å². The predicted octanol–water partition coefficient (Wildman–Crippen LogP) is 2.41. The average molecular weight is 305 g/mol. The van der Waals surface area contributed by atoms with Gasteiger partial charge in [0.05, 0.1) is 13.2 Å². The van der Waals surface area contributed by atoms with Gasteiger partial charge in [-0.15, -0.1) is 0 Å². The summed E-state index contributed by atoms with van der Waals surface area (Å²) in [5, 5.41) is 20.5. The van der Waals surface area contributed by atoms with Crippen LogP contribution in [0.5, 0.6) is 5.75 Å². The molecule has 1 rings (SSSR count). The number of thioether (sulfide) groups is 1. The number of aliphatic hydroxyl groups is 2. The molecule has 0 aromatic heterocycles. The Hall–Kier alpha value is -0.750. The molecular formula is C13H17ClO4S. The third-order valence-corrected chi connectivity index (χ3v) is 3.68. The van der Waals surface area contributed by atoms with Crippen LogP contribution in [0.1, 0.15) is 25.0 Å². The van der Waals surface area contributed by atoms with E-state index in [1.165, 1.54) is 14.0 Å². The minimum absolute atomic E-state index is 0.0120. The van der Waals surface area contributed by atoms with Gasteiger partial charge in [-0.3, -0.25) is 4.79 Å². The summed E-state index contributed by atoms with van der Waals surface area (Å²) < 4.78 is 5.13. The summed E-state index contributed by atoms with van der Waals surface area (Å²) in [6.45, 7) is 1.47. The highest BCUT2D eigenvalue weighted by molar-refractivity contribution is 8.13. The van der Waals surface area contributed by atoms with Crippen LogP contribution < -0.4 is 4.74 Å². The molecule has 0 aliphatic heterocycles. The van der Waals surface area contributed by atoms with E-state index in [2.05, 4.69) is 0 Å². The fraction of sp³-hybridized carbons (Fsp3) is 0.462. The topological polar surface area (TPSA) is 66.8 Å². The fourth-order valence-corrected chi connectivity index (χ4v) is 2.45. The van der Waals surface area contributed by atoms with Crippen LogP contribution in [0.15, 0.2) is 18.2 Å². The number of carbonyl (C=O) groups is 1. The first-order valence-electron chi connectivity index (χ1n) is 5.78. The van der Waals surface area contributed by atoms with Crippen molar-refractivity contribution in [2.24, 2.45) is 0 Å². The van der Waals surface area contributed by atoms with Crippen molar-refractivity contribution in [2.45, 2.75) is 25.6 Å². The zero-order valence-corrected chi connectivity index (χ0v) is 12.4. The zero-order chi connectivity index (χ0) is 14.4. The Morgan fingerprint density at radius 3 is 2.74 bits per heavy atom. The van der Waals surface area contributed by atoms with Crippen molar-refractivity contribution in [2.75, 3.05) is 12.9 Å². The minimum atomic E-state index is -1.10. The van der Waals surface area contributed by atoms with E-state index in [1.54, 1.807) is 18.2 Å². The molecule has 0 aliphatic carbocycles. The zero-order valence-electron chi connectivity index (χ0n) is 10.8. The van der Waals surface area contributed by atoms with Gasteiger partial charge in [-0.1, -0.05) is 23.4 Å². The number of hydrogen-bond acceptors (Lipinski definition) is 5. The summed E-state index contributed by atoms with van der Waals surface area (Å²) in [7, 11) is 1.48. The van der Waals surface area contributed by atoms with Gasteiger partial charge in [0, 0.05) is 23.3 Å². The van der Waals surface area contributed by atoms with E-state index in [1.807, 2.05) is 0 Å². The van der Waals surface area contributed by atoms with Gasteiger partial charge in [0.25, 0.3) is 0 Å². The number of hydrogen-bond donors (Lipinski definition) is 2. The third kappa shape index (κ3) is 5.03. The lowest BCUT2D eigenvalue weighted by atomic mass is 10.0. The van der Waals surface area contributed by atoms with E-state index >= 15 is 0 Å². The van der Waals surface area contributed by atoms with Crippen LogP contribution in [0.3, 0.4) is 0 Å². The Kier molecular flexibility index (Phi) is 6.65. The third-order valence-electron chi connectivity index (χ3n) is 2.59. The highest BCUT2D eigenvalue weighted by Gasteiger charge is 2.22. The standard InChI is InChI=1S/C13H17ClO4S/c1-8(15)19-6-5-11(16)13(17)10-7-9(14)3-4-12(10)18-2/h3-4,7,11,13,16-17H,5-6H2,1-2H3. The normalized spacial score (nSPS) is 13.9.